The normalized spacial score (nSPS) is 17.7. The fourth-order valence-electron chi connectivity index (χ4n) is 8.33. The van der Waals surface area contributed by atoms with Gasteiger partial charge in [-0.1, -0.05) is 122 Å². The SMILES string of the molecule is C[Si]1(C)c2ccccc2C2(c3ccccc3-n3c4ccccc4c4cccc2c43)c2cccc(-c3ccc(F)cc3)c21. The molecule has 0 aliphatic carbocycles. The molecule has 2 aliphatic rings. The maximum Gasteiger partial charge on any atom is 0.123 e. The predicted octanol–water partition coefficient (Wildman–Crippen LogP) is 8.42. The summed E-state index contributed by atoms with van der Waals surface area (Å²) >= 11 is 0. The van der Waals surface area contributed by atoms with Gasteiger partial charge in [-0.2, -0.15) is 0 Å². The van der Waals surface area contributed by atoms with E-state index in [-0.39, 0.29) is 5.82 Å². The molecule has 200 valence electrons. The van der Waals surface area contributed by atoms with E-state index < -0.39 is 13.5 Å². The van der Waals surface area contributed by atoms with Crippen molar-refractivity contribution >= 4 is 40.3 Å². The van der Waals surface area contributed by atoms with Gasteiger partial charge in [0, 0.05) is 10.8 Å². The van der Waals surface area contributed by atoms with Crippen LogP contribution in [0.1, 0.15) is 22.3 Å². The van der Waals surface area contributed by atoms with Gasteiger partial charge < -0.3 is 4.57 Å². The van der Waals surface area contributed by atoms with Gasteiger partial charge in [0.25, 0.3) is 0 Å². The molecule has 0 fully saturated rings. The Hall–Kier alpha value is -4.73. The average Bonchev–Trinajstić information content (AvgIpc) is 3.37. The van der Waals surface area contributed by atoms with Crippen molar-refractivity contribution in [2.45, 2.75) is 18.5 Å². The number of benzene rings is 6. The van der Waals surface area contributed by atoms with E-state index in [2.05, 4.69) is 127 Å². The van der Waals surface area contributed by atoms with Crippen LogP contribution in [0.15, 0.2) is 133 Å². The summed E-state index contributed by atoms with van der Waals surface area (Å²) < 4.78 is 16.6. The predicted molar refractivity (Wildman–Crippen MR) is 175 cm³/mol. The lowest BCUT2D eigenvalue weighted by Gasteiger charge is -2.50. The standard InChI is InChI=1S/C39H28FNSi/c1-42(2)36-20-8-5-15-31(36)39(33-17-9-12-27(38(33)42)25-21-23-26(40)24-22-25)30-14-4-7-19-35(30)41-34-18-6-3-11-28(34)29-13-10-16-32(39)37(29)41/h3-24H,1-2H3. The van der Waals surface area contributed by atoms with Crippen LogP contribution in [0.3, 0.4) is 0 Å². The Morgan fingerprint density at radius 3 is 2.07 bits per heavy atom. The third kappa shape index (κ3) is 2.77. The Morgan fingerprint density at radius 2 is 1.21 bits per heavy atom. The van der Waals surface area contributed by atoms with Gasteiger partial charge in [-0.15, -0.1) is 0 Å². The highest BCUT2D eigenvalue weighted by atomic mass is 28.3. The van der Waals surface area contributed by atoms with Crippen molar-refractivity contribution in [3.8, 4) is 16.8 Å². The van der Waals surface area contributed by atoms with Crippen LogP contribution in [0.4, 0.5) is 4.39 Å². The molecule has 0 bridgehead atoms. The van der Waals surface area contributed by atoms with Crippen molar-refractivity contribution in [2.24, 2.45) is 0 Å². The molecule has 6 aromatic carbocycles. The number of fused-ring (bicyclic) bond motifs is 11. The van der Waals surface area contributed by atoms with Crippen molar-refractivity contribution in [3.05, 3.63) is 162 Å². The van der Waals surface area contributed by atoms with Crippen molar-refractivity contribution in [1.82, 2.24) is 4.57 Å². The van der Waals surface area contributed by atoms with Crippen molar-refractivity contribution in [2.75, 3.05) is 0 Å². The van der Waals surface area contributed by atoms with E-state index in [1.165, 1.54) is 65.7 Å². The van der Waals surface area contributed by atoms with Gasteiger partial charge in [0.15, 0.2) is 0 Å². The first kappa shape index (κ1) is 23.9. The molecule has 1 atom stereocenters. The number of para-hydroxylation sites is 3. The van der Waals surface area contributed by atoms with Crippen LogP contribution in [0.2, 0.25) is 13.1 Å². The van der Waals surface area contributed by atoms with E-state index in [4.69, 9.17) is 0 Å². The lowest BCUT2D eigenvalue weighted by molar-refractivity contribution is 0.628. The largest absolute Gasteiger partial charge is 0.309 e. The lowest BCUT2D eigenvalue weighted by atomic mass is 9.62. The molecule has 3 heterocycles. The Balaban J connectivity index is 1.54. The van der Waals surface area contributed by atoms with Crippen LogP contribution in [0, 0.1) is 5.82 Å². The fourth-order valence-corrected chi connectivity index (χ4v) is 11.9. The van der Waals surface area contributed by atoms with Gasteiger partial charge in [-0.05, 0) is 68.0 Å². The Bertz CT molecular complexity index is 2240. The number of hydrogen-bond acceptors (Lipinski definition) is 0. The van der Waals surface area contributed by atoms with Crippen LogP contribution >= 0.6 is 0 Å². The number of rotatable bonds is 1. The van der Waals surface area contributed by atoms with E-state index in [0.29, 0.717) is 0 Å². The van der Waals surface area contributed by atoms with Crippen LogP contribution in [0.5, 0.6) is 0 Å². The highest BCUT2D eigenvalue weighted by Gasteiger charge is 2.53. The maximum absolute atomic E-state index is 14.1. The monoisotopic (exact) mass is 557 g/mol. The minimum absolute atomic E-state index is 0.206. The highest BCUT2D eigenvalue weighted by Crippen LogP contribution is 2.55. The minimum atomic E-state index is -2.21. The second kappa shape index (κ2) is 8.18. The molecule has 1 spiro atoms. The molecule has 42 heavy (non-hydrogen) atoms. The molecule has 1 unspecified atom stereocenters. The van der Waals surface area contributed by atoms with Crippen LogP contribution in [-0.2, 0) is 5.41 Å². The first-order valence-corrected chi connectivity index (χ1v) is 17.7. The van der Waals surface area contributed by atoms with Gasteiger partial charge >= 0.3 is 0 Å². The van der Waals surface area contributed by atoms with Gasteiger partial charge in [0.1, 0.15) is 13.9 Å². The van der Waals surface area contributed by atoms with Gasteiger partial charge in [-0.3, -0.25) is 0 Å². The van der Waals surface area contributed by atoms with Gasteiger partial charge in [0.2, 0.25) is 0 Å². The third-order valence-electron chi connectivity index (χ3n) is 9.90. The highest BCUT2D eigenvalue weighted by molar-refractivity contribution is 7.02. The van der Waals surface area contributed by atoms with E-state index in [1.807, 2.05) is 12.1 Å². The van der Waals surface area contributed by atoms with Crippen LogP contribution in [0.25, 0.3) is 38.6 Å². The smallest absolute Gasteiger partial charge is 0.123 e. The van der Waals surface area contributed by atoms with Crippen molar-refractivity contribution < 1.29 is 4.39 Å². The minimum Gasteiger partial charge on any atom is -0.309 e. The summed E-state index contributed by atoms with van der Waals surface area (Å²) in [6.45, 7) is 4.97. The summed E-state index contributed by atoms with van der Waals surface area (Å²) in [6.07, 6.45) is 0. The van der Waals surface area contributed by atoms with E-state index in [0.717, 1.165) is 5.56 Å². The summed E-state index contributed by atoms with van der Waals surface area (Å²) in [5.74, 6) is -0.206. The quantitative estimate of drug-likeness (QED) is 0.179. The zero-order valence-electron chi connectivity index (χ0n) is 23.5. The fraction of sp³-hybridized carbons (Fsp3) is 0.0769. The second-order valence-electron chi connectivity index (χ2n) is 12.2. The molecule has 1 aromatic heterocycles. The summed E-state index contributed by atoms with van der Waals surface area (Å²) in [4.78, 5) is 0. The molecule has 0 radical (unpaired) electrons. The first-order valence-electron chi connectivity index (χ1n) is 14.7. The first-order chi connectivity index (χ1) is 20.5. The van der Waals surface area contributed by atoms with Crippen LogP contribution < -0.4 is 10.4 Å². The lowest BCUT2D eigenvalue weighted by Crippen LogP contribution is -2.64. The molecule has 7 aromatic rings. The molecule has 0 saturated heterocycles. The molecule has 3 heteroatoms. The van der Waals surface area contributed by atoms with E-state index >= 15 is 0 Å². The Labute approximate surface area is 245 Å². The van der Waals surface area contributed by atoms with E-state index in [1.54, 1.807) is 12.1 Å². The summed E-state index contributed by atoms with van der Waals surface area (Å²) in [7, 11) is -2.21. The van der Waals surface area contributed by atoms with Crippen molar-refractivity contribution in [1.29, 1.82) is 0 Å². The van der Waals surface area contributed by atoms with Gasteiger partial charge in [-0.25, -0.2) is 4.39 Å². The Morgan fingerprint density at radius 1 is 0.571 bits per heavy atom. The third-order valence-corrected chi connectivity index (χ3v) is 13.5. The number of nitrogens with zero attached hydrogens (tertiary/aromatic N) is 1. The van der Waals surface area contributed by atoms with E-state index in [9.17, 15) is 4.39 Å². The molecule has 9 rings (SSSR count). The Kier molecular flexibility index (Phi) is 4.66. The van der Waals surface area contributed by atoms with Crippen LogP contribution in [-0.4, -0.2) is 12.6 Å². The molecular weight excluding hydrogens is 530 g/mol. The summed E-state index contributed by atoms with van der Waals surface area (Å²) in [5.41, 5.74) is 10.9. The summed E-state index contributed by atoms with van der Waals surface area (Å²) in [6, 6.07) is 47.8. The molecule has 0 N–H and O–H groups in total. The zero-order chi connectivity index (χ0) is 28.2. The molecular formula is C39H28FNSi. The summed E-state index contributed by atoms with van der Waals surface area (Å²) in [5, 5.41) is 5.46. The second-order valence-corrected chi connectivity index (χ2v) is 16.5. The molecule has 2 aliphatic heterocycles. The van der Waals surface area contributed by atoms with Crippen molar-refractivity contribution in [3.63, 3.8) is 0 Å². The van der Waals surface area contributed by atoms with Gasteiger partial charge in [0.05, 0.1) is 22.1 Å². The number of aromatic nitrogens is 1. The molecule has 0 saturated carbocycles. The number of hydrogen-bond donors (Lipinski definition) is 0. The topological polar surface area (TPSA) is 4.93 Å². The maximum atomic E-state index is 14.1. The zero-order valence-corrected chi connectivity index (χ0v) is 24.5. The average molecular weight is 558 g/mol. The molecule has 1 nitrogen and oxygen atoms in total. The number of halogens is 1. The molecule has 0 amide bonds.